The molecule has 154 valence electrons. The summed E-state index contributed by atoms with van der Waals surface area (Å²) >= 11 is 6.19. The Morgan fingerprint density at radius 3 is 2.71 bits per heavy atom. The summed E-state index contributed by atoms with van der Waals surface area (Å²) in [5.74, 6) is 1.17. The molecule has 0 spiro atoms. The Hall–Kier alpha value is -3.84. The highest BCUT2D eigenvalue weighted by molar-refractivity contribution is 6.31. The van der Waals surface area contributed by atoms with Crippen molar-refractivity contribution in [1.82, 2.24) is 10.1 Å². The van der Waals surface area contributed by atoms with Gasteiger partial charge in [0.25, 0.3) is 0 Å². The number of hydrogen-bond donors (Lipinski definition) is 1. The van der Waals surface area contributed by atoms with E-state index in [4.69, 9.17) is 25.6 Å². The number of anilines is 1. The standard InChI is InChI=1S/C23H16ClN3O4/c24-17-6-2-1-4-15(17)12-19(28)26-23-20(14-8-10-25-11-9-14)21(27-31-23)16-5-3-7-18-22(16)30-13-29-18/h1-11H,12-13H2,(H,26,28). The number of carbonyl (C=O) groups excluding carboxylic acids is 1. The highest BCUT2D eigenvalue weighted by Gasteiger charge is 2.26. The fraction of sp³-hybridized carbons (Fsp3) is 0.0870. The Bertz CT molecular complexity index is 1260. The number of nitrogens with one attached hydrogen (secondary N) is 1. The summed E-state index contributed by atoms with van der Waals surface area (Å²) in [4.78, 5) is 16.8. The number of carbonyl (C=O) groups is 1. The number of nitrogens with zero attached hydrogens (tertiary/aromatic N) is 2. The molecule has 7 nitrogen and oxygen atoms in total. The van der Waals surface area contributed by atoms with Gasteiger partial charge in [-0.2, -0.15) is 0 Å². The van der Waals surface area contributed by atoms with E-state index in [2.05, 4.69) is 15.5 Å². The highest BCUT2D eigenvalue weighted by atomic mass is 35.5. The molecule has 2 aromatic heterocycles. The van der Waals surface area contributed by atoms with E-state index in [1.54, 1.807) is 18.5 Å². The van der Waals surface area contributed by atoms with Crippen molar-refractivity contribution < 1.29 is 18.8 Å². The second kappa shape index (κ2) is 8.12. The number of aromatic nitrogens is 2. The average Bonchev–Trinajstić information content (AvgIpc) is 3.43. The fourth-order valence-electron chi connectivity index (χ4n) is 3.45. The lowest BCUT2D eigenvalue weighted by Gasteiger charge is -2.08. The molecule has 1 aliphatic rings. The summed E-state index contributed by atoms with van der Waals surface area (Å²) in [5.41, 5.74) is 3.37. The third-order valence-electron chi connectivity index (χ3n) is 4.87. The van der Waals surface area contributed by atoms with Gasteiger partial charge < -0.3 is 14.0 Å². The minimum atomic E-state index is -0.274. The molecule has 0 fully saturated rings. The van der Waals surface area contributed by atoms with E-state index in [0.717, 1.165) is 11.1 Å². The first kappa shape index (κ1) is 19.1. The summed E-state index contributed by atoms with van der Waals surface area (Å²) in [7, 11) is 0. The van der Waals surface area contributed by atoms with Gasteiger partial charge in [0.05, 0.1) is 17.5 Å². The zero-order valence-corrected chi connectivity index (χ0v) is 16.9. The van der Waals surface area contributed by atoms with Gasteiger partial charge >= 0.3 is 0 Å². The number of fused-ring (bicyclic) bond motifs is 1. The predicted molar refractivity (Wildman–Crippen MR) is 115 cm³/mol. The lowest BCUT2D eigenvalue weighted by atomic mass is 10.0. The number of ether oxygens (including phenoxy) is 2. The molecule has 0 unspecified atom stereocenters. The second-order valence-corrected chi connectivity index (χ2v) is 7.23. The van der Waals surface area contributed by atoms with Crippen LogP contribution >= 0.6 is 11.6 Å². The molecule has 1 aliphatic heterocycles. The highest BCUT2D eigenvalue weighted by Crippen LogP contribution is 2.46. The van der Waals surface area contributed by atoms with Gasteiger partial charge in [-0.1, -0.05) is 41.0 Å². The van der Waals surface area contributed by atoms with Crippen LogP contribution in [-0.2, 0) is 11.2 Å². The molecule has 0 saturated carbocycles. The van der Waals surface area contributed by atoms with E-state index in [0.29, 0.717) is 33.3 Å². The van der Waals surface area contributed by atoms with Crippen LogP contribution < -0.4 is 14.8 Å². The van der Waals surface area contributed by atoms with E-state index in [1.807, 2.05) is 48.5 Å². The van der Waals surface area contributed by atoms with Crippen LogP contribution in [0.4, 0.5) is 5.88 Å². The van der Waals surface area contributed by atoms with Crippen molar-refractivity contribution >= 4 is 23.4 Å². The molecule has 1 N–H and O–H groups in total. The maximum Gasteiger partial charge on any atom is 0.239 e. The van der Waals surface area contributed by atoms with Crippen LogP contribution in [-0.4, -0.2) is 22.8 Å². The smallest absolute Gasteiger partial charge is 0.239 e. The summed E-state index contributed by atoms with van der Waals surface area (Å²) in [6.45, 7) is 0.135. The van der Waals surface area contributed by atoms with E-state index < -0.39 is 0 Å². The van der Waals surface area contributed by atoms with Crippen molar-refractivity contribution in [2.24, 2.45) is 0 Å². The van der Waals surface area contributed by atoms with E-state index in [9.17, 15) is 4.79 Å². The SMILES string of the molecule is O=C(Cc1ccccc1Cl)Nc1onc(-c2cccc3c2OCO3)c1-c1ccncc1. The summed E-state index contributed by atoms with van der Waals surface area (Å²) < 4.78 is 16.7. The number of rotatable bonds is 5. The molecule has 31 heavy (non-hydrogen) atoms. The van der Waals surface area contributed by atoms with Gasteiger partial charge in [-0.05, 0) is 41.5 Å². The molecule has 0 bridgehead atoms. The normalized spacial score (nSPS) is 12.0. The van der Waals surface area contributed by atoms with Crippen molar-refractivity contribution in [3.05, 3.63) is 77.6 Å². The van der Waals surface area contributed by atoms with Gasteiger partial charge in [-0.3, -0.25) is 15.1 Å². The van der Waals surface area contributed by atoms with E-state index in [1.165, 1.54) is 0 Å². The van der Waals surface area contributed by atoms with Gasteiger partial charge in [-0.25, -0.2) is 0 Å². The number of benzene rings is 2. The third-order valence-corrected chi connectivity index (χ3v) is 5.24. The number of amides is 1. The molecule has 0 radical (unpaired) electrons. The van der Waals surface area contributed by atoms with E-state index >= 15 is 0 Å². The second-order valence-electron chi connectivity index (χ2n) is 6.83. The largest absolute Gasteiger partial charge is 0.454 e. The topological polar surface area (TPSA) is 86.5 Å². The Labute approximate surface area is 182 Å². The van der Waals surface area contributed by atoms with Gasteiger partial charge in [0.15, 0.2) is 11.5 Å². The van der Waals surface area contributed by atoms with Crippen LogP contribution in [0.15, 0.2) is 71.5 Å². The molecule has 5 rings (SSSR count). The first-order valence-electron chi connectivity index (χ1n) is 9.53. The van der Waals surface area contributed by atoms with Gasteiger partial charge in [0.2, 0.25) is 18.6 Å². The molecule has 1 amide bonds. The van der Waals surface area contributed by atoms with Gasteiger partial charge in [0.1, 0.15) is 5.69 Å². The minimum Gasteiger partial charge on any atom is -0.454 e. The molecular weight excluding hydrogens is 418 g/mol. The van der Waals surface area contributed by atoms with Crippen molar-refractivity contribution in [3.63, 3.8) is 0 Å². The molecule has 0 aliphatic carbocycles. The zero-order valence-electron chi connectivity index (χ0n) is 16.2. The zero-order chi connectivity index (χ0) is 21.2. The van der Waals surface area contributed by atoms with Crippen LogP contribution in [0.2, 0.25) is 5.02 Å². The maximum absolute atomic E-state index is 12.7. The van der Waals surface area contributed by atoms with Crippen LogP contribution in [0, 0.1) is 0 Å². The Kier molecular flexibility index (Phi) is 5.01. The molecule has 3 heterocycles. The molecule has 0 saturated heterocycles. The van der Waals surface area contributed by atoms with Crippen LogP contribution in [0.1, 0.15) is 5.56 Å². The average molecular weight is 434 g/mol. The fourth-order valence-corrected chi connectivity index (χ4v) is 3.65. The summed E-state index contributed by atoms with van der Waals surface area (Å²) in [6.07, 6.45) is 3.43. The first-order chi connectivity index (χ1) is 15.2. The Morgan fingerprint density at radius 2 is 1.87 bits per heavy atom. The lowest BCUT2D eigenvalue weighted by Crippen LogP contribution is -2.14. The van der Waals surface area contributed by atoms with E-state index in [-0.39, 0.29) is 25.0 Å². The number of pyridine rings is 1. The molecule has 8 heteroatoms. The van der Waals surface area contributed by atoms with Crippen LogP contribution in [0.5, 0.6) is 11.5 Å². The lowest BCUT2D eigenvalue weighted by molar-refractivity contribution is -0.115. The predicted octanol–water partition coefficient (Wildman–Crippen LogP) is 4.97. The van der Waals surface area contributed by atoms with Crippen LogP contribution in [0.25, 0.3) is 22.4 Å². The Morgan fingerprint density at radius 1 is 1.03 bits per heavy atom. The monoisotopic (exact) mass is 433 g/mol. The van der Waals surface area contributed by atoms with Gasteiger partial charge in [0, 0.05) is 17.4 Å². The summed E-state index contributed by atoms with van der Waals surface area (Å²) in [6, 6.07) is 16.4. The van der Waals surface area contributed by atoms with Gasteiger partial charge in [-0.15, -0.1) is 0 Å². The van der Waals surface area contributed by atoms with Crippen molar-refractivity contribution in [3.8, 4) is 33.9 Å². The number of halogens is 1. The minimum absolute atomic E-state index is 0.100. The quantitative estimate of drug-likeness (QED) is 0.478. The summed E-state index contributed by atoms with van der Waals surface area (Å²) in [5, 5.41) is 7.60. The van der Waals surface area contributed by atoms with Crippen LogP contribution in [0.3, 0.4) is 0 Å². The molecule has 0 atom stereocenters. The van der Waals surface area contributed by atoms with Crippen molar-refractivity contribution in [2.45, 2.75) is 6.42 Å². The molecular formula is C23H16ClN3O4. The number of hydrogen-bond acceptors (Lipinski definition) is 6. The molecule has 2 aromatic carbocycles. The number of para-hydroxylation sites is 1. The third kappa shape index (κ3) is 3.71. The molecule has 4 aromatic rings. The maximum atomic E-state index is 12.7. The first-order valence-corrected chi connectivity index (χ1v) is 9.91. The van der Waals surface area contributed by atoms with Crippen molar-refractivity contribution in [1.29, 1.82) is 0 Å². The Balaban J connectivity index is 1.54. The van der Waals surface area contributed by atoms with Crippen molar-refractivity contribution in [2.75, 3.05) is 12.1 Å².